The third kappa shape index (κ3) is 2.92. The number of aromatic nitrogens is 3. The van der Waals surface area contributed by atoms with Crippen molar-refractivity contribution in [2.75, 3.05) is 0 Å². The number of thiazole rings is 1. The van der Waals surface area contributed by atoms with Crippen molar-refractivity contribution in [2.24, 2.45) is 7.05 Å². The van der Waals surface area contributed by atoms with E-state index < -0.39 is 0 Å². The van der Waals surface area contributed by atoms with Gasteiger partial charge in [0.05, 0.1) is 11.2 Å². The van der Waals surface area contributed by atoms with Crippen LogP contribution in [0.3, 0.4) is 0 Å². The number of hydrogen-bond donors (Lipinski definition) is 1. The second kappa shape index (κ2) is 5.42. The number of aryl methyl sites for hydroxylation is 2. The van der Waals surface area contributed by atoms with Gasteiger partial charge in [-0.1, -0.05) is 6.92 Å². The highest BCUT2D eigenvalue weighted by Crippen LogP contribution is 2.17. The van der Waals surface area contributed by atoms with Crippen LogP contribution < -0.4 is 5.32 Å². The lowest BCUT2D eigenvalue weighted by Crippen LogP contribution is -2.17. The third-order valence-electron chi connectivity index (χ3n) is 2.80. The molecule has 5 heteroatoms. The minimum absolute atomic E-state index is 0.340. The molecule has 2 rings (SSSR count). The van der Waals surface area contributed by atoms with Gasteiger partial charge in [0.15, 0.2) is 0 Å². The zero-order valence-corrected chi connectivity index (χ0v) is 11.3. The Morgan fingerprint density at radius 3 is 3.00 bits per heavy atom. The molecule has 0 aliphatic rings. The molecule has 92 valence electrons. The van der Waals surface area contributed by atoms with E-state index in [0.29, 0.717) is 6.04 Å². The molecule has 0 aliphatic carbocycles. The Kier molecular flexibility index (Phi) is 3.91. The fraction of sp³-hybridized carbons (Fsp3) is 0.500. The summed E-state index contributed by atoms with van der Waals surface area (Å²) >= 11 is 1.69. The van der Waals surface area contributed by atoms with Crippen molar-refractivity contribution >= 4 is 11.3 Å². The van der Waals surface area contributed by atoms with Gasteiger partial charge in [0, 0.05) is 42.5 Å². The topological polar surface area (TPSA) is 42.7 Å². The summed E-state index contributed by atoms with van der Waals surface area (Å²) in [5, 5.41) is 7.94. The molecule has 0 bridgehead atoms. The Balaban J connectivity index is 1.97. The summed E-state index contributed by atoms with van der Waals surface area (Å²) in [5.74, 6) is 0. The maximum Gasteiger partial charge on any atom is 0.0794 e. The van der Waals surface area contributed by atoms with Gasteiger partial charge in [-0.2, -0.15) is 5.10 Å². The summed E-state index contributed by atoms with van der Waals surface area (Å²) in [5.41, 5.74) is 4.33. The van der Waals surface area contributed by atoms with Crippen molar-refractivity contribution in [3.8, 4) is 0 Å². The predicted octanol–water partition coefficient (Wildman–Crippen LogP) is 2.29. The molecule has 0 radical (unpaired) electrons. The molecule has 0 aromatic carbocycles. The van der Waals surface area contributed by atoms with Crippen LogP contribution in [0.25, 0.3) is 0 Å². The van der Waals surface area contributed by atoms with Crippen molar-refractivity contribution in [1.29, 1.82) is 0 Å². The van der Waals surface area contributed by atoms with Gasteiger partial charge in [-0.3, -0.25) is 9.67 Å². The van der Waals surface area contributed by atoms with Crippen LogP contribution in [0.15, 0.2) is 17.9 Å². The molecule has 2 aromatic rings. The summed E-state index contributed by atoms with van der Waals surface area (Å²) in [6.07, 6.45) is 4.99. The Labute approximate surface area is 106 Å². The van der Waals surface area contributed by atoms with E-state index in [1.54, 1.807) is 11.3 Å². The third-order valence-corrected chi connectivity index (χ3v) is 3.76. The minimum atomic E-state index is 0.340. The second-order valence-corrected chi connectivity index (χ2v) is 5.05. The van der Waals surface area contributed by atoms with E-state index >= 15 is 0 Å². The zero-order chi connectivity index (χ0) is 12.3. The molecule has 4 nitrogen and oxygen atoms in total. The molecule has 1 atom stereocenters. The van der Waals surface area contributed by atoms with Crippen molar-refractivity contribution in [2.45, 2.75) is 32.9 Å². The highest BCUT2D eigenvalue weighted by Gasteiger charge is 2.09. The van der Waals surface area contributed by atoms with Crippen LogP contribution in [-0.4, -0.2) is 14.8 Å². The van der Waals surface area contributed by atoms with E-state index in [2.05, 4.69) is 35.4 Å². The molecule has 17 heavy (non-hydrogen) atoms. The average Bonchev–Trinajstić information content (AvgIpc) is 2.94. The quantitative estimate of drug-likeness (QED) is 0.885. The van der Waals surface area contributed by atoms with Gasteiger partial charge >= 0.3 is 0 Å². The fourth-order valence-corrected chi connectivity index (χ4v) is 2.48. The first-order chi connectivity index (χ1) is 8.20. The molecule has 1 N–H and O–H groups in total. The number of hydrogen-bond acceptors (Lipinski definition) is 4. The van der Waals surface area contributed by atoms with Gasteiger partial charge in [0.2, 0.25) is 0 Å². The number of nitrogens with one attached hydrogen (secondary N) is 1. The van der Waals surface area contributed by atoms with Crippen molar-refractivity contribution in [1.82, 2.24) is 20.1 Å². The number of rotatable bonds is 5. The van der Waals surface area contributed by atoms with Gasteiger partial charge in [-0.25, -0.2) is 0 Å². The minimum Gasteiger partial charge on any atom is -0.305 e. The van der Waals surface area contributed by atoms with E-state index in [-0.39, 0.29) is 0 Å². The van der Waals surface area contributed by atoms with E-state index in [1.807, 2.05) is 23.4 Å². The molecule has 0 spiro atoms. The lowest BCUT2D eigenvalue weighted by molar-refractivity contribution is 0.579. The first-order valence-corrected chi connectivity index (χ1v) is 6.71. The van der Waals surface area contributed by atoms with Crippen molar-refractivity contribution in [3.05, 3.63) is 34.0 Å². The summed E-state index contributed by atoms with van der Waals surface area (Å²) in [4.78, 5) is 5.37. The van der Waals surface area contributed by atoms with E-state index in [4.69, 9.17) is 0 Å². The molecule has 0 amide bonds. The Bertz CT molecular complexity index is 461. The summed E-state index contributed by atoms with van der Waals surface area (Å²) in [7, 11) is 1.97. The maximum atomic E-state index is 4.44. The average molecular weight is 250 g/mol. The monoisotopic (exact) mass is 250 g/mol. The van der Waals surface area contributed by atoms with E-state index in [0.717, 1.165) is 13.0 Å². The lowest BCUT2D eigenvalue weighted by atomic mass is 10.2. The molecule has 0 saturated heterocycles. The smallest absolute Gasteiger partial charge is 0.0794 e. The largest absolute Gasteiger partial charge is 0.305 e. The van der Waals surface area contributed by atoms with Crippen LogP contribution in [-0.2, 0) is 20.0 Å². The summed E-state index contributed by atoms with van der Waals surface area (Å²) in [6.45, 7) is 5.16. The van der Waals surface area contributed by atoms with Gasteiger partial charge in [0.1, 0.15) is 0 Å². The molecular formula is C12H18N4S. The first-order valence-electron chi connectivity index (χ1n) is 5.84. The predicted molar refractivity (Wildman–Crippen MR) is 70.0 cm³/mol. The zero-order valence-electron chi connectivity index (χ0n) is 10.5. The first kappa shape index (κ1) is 12.3. The Morgan fingerprint density at radius 1 is 1.53 bits per heavy atom. The normalized spacial score (nSPS) is 12.9. The summed E-state index contributed by atoms with van der Waals surface area (Å²) in [6, 6.07) is 0.340. The number of nitrogens with zero attached hydrogens (tertiary/aromatic N) is 3. The van der Waals surface area contributed by atoms with Crippen LogP contribution >= 0.6 is 11.3 Å². The fourth-order valence-electron chi connectivity index (χ4n) is 1.83. The molecule has 0 saturated carbocycles. The van der Waals surface area contributed by atoms with Crippen molar-refractivity contribution < 1.29 is 0 Å². The highest BCUT2D eigenvalue weighted by atomic mass is 32.1. The van der Waals surface area contributed by atoms with Crippen LogP contribution in [0, 0.1) is 0 Å². The van der Waals surface area contributed by atoms with Gasteiger partial charge < -0.3 is 5.32 Å². The molecule has 2 heterocycles. The van der Waals surface area contributed by atoms with Gasteiger partial charge in [-0.15, -0.1) is 11.3 Å². The van der Waals surface area contributed by atoms with Gasteiger partial charge in [-0.05, 0) is 13.3 Å². The standard InChI is InChI=1S/C12H18N4S/c1-4-11-10(7-16(3)15-11)5-14-9(2)12-6-13-8-17-12/h6-9,14H,4-5H2,1-3H3. The van der Waals surface area contributed by atoms with Gasteiger partial charge in [0.25, 0.3) is 0 Å². The Hall–Kier alpha value is -1.20. The van der Waals surface area contributed by atoms with Crippen LogP contribution in [0.1, 0.15) is 36.0 Å². The molecule has 0 aliphatic heterocycles. The lowest BCUT2D eigenvalue weighted by Gasteiger charge is -2.11. The van der Waals surface area contributed by atoms with Crippen molar-refractivity contribution in [3.63, 3.8) is 0 Å². The molecule has 0 fully saturated rings. The van der Waals surface area contributed by atoms with E-state index in [9.17, 15) is 0 Å². The molecule has 2 aromatic heterocycles. The van der Waals surface area contributed by atoms with Crippen LogP contribution in [0.4, 0.5) is 0 Å². The second-order valence-electron chi connectivity index (χ2n) is 4.13. The molecule has 1 unspecified atom stereocenters. The molecular weight excluding hydrogens is 232 g/mol. The van der Waals surface area contributed by atoms with Crippen LogP contribution in [0.2, 0.25) is 0 Å². The van der Waals surface area contributed by atoms with E-state index in [1.165, 1.54) is 16.1 Å². The maximum absolute atomic E-state index is 4.44. The SMILES string of the molecule is CCc1nn(C)cc1CNC(C)c1cncs1. The highest BCUT2D eigenvalue weighted by molar-refractivity contribution is 7.09. The Morgan fingerprint density at radius 2 is 2.35 bits per heavy atom. The van der Waals surface area contributed by atoms with Crippen LogP contribution in [0.5, 0.6) is 0 Å². The summed E-state index contributed by atoms with van der Waals surface area (Å²) < 4.78 is 1.88.